The molecule has 15 atom stereocenters. The molecule has 1 saturated carbocycles. The van der Waals surface area contributed by atoms with Gasteiger partial charge < -0.3 is 35.1 Å². The lowest BCUT2D eigenvalue weighted by Gasteiger charge is -2.53. The van der Waals surface area contributed by atoms with Crippen LogP contribution >= 0.6 is 0 Å². The number of nitrogens with one attached hydrogen (secondary N) is 1. The van der Waals surface area contributed by atoms with Crippen LogP contribution in [0, 0.1) is 29.6 Å². The van der Waals surface area contributed by atoms with Crippen LogP contribution in [0.1, 0.15) is 99.3 Å². The number of fused-ring (bicyclic) bond motifs is 2. The van der Waals surface area contributed by atoms with E-state index >= 15 is 0 Å². The molecular formula is C34H59N4O7+. The van der Waals surface area contributed by atoms with Gasteiger partial charge in [-0.2, -0.15) is 0 Å². The van der Waals surface area contributed by atoms with Crippen LogP contribution in [-0.2, 0) is 28.5 Å². The molecule has 12 unspecified atom stereocenters. The topological polar surface area (TPSA) is 175 Å². The molecule has 1 aliphatic carbocycles. The van der Waals surface area contributed by atoms with Crippen molar-refractivity contribution in [3.05, 3.63) is 0 Å². The highest BCUT2D eigenvalue weighted by molar-refractivity contribution is 5.84. The Hall–Kier alpha value is -1.18. The monoisotopic (exact) mass is 635 g/mol. The molecule has 0 spiro atoms. The number of carbonyl (C=O) groups excluding carboxylic acids is 2. The molecule has 0 bridgehead atoms. The Balaban J connectivity index is 1.02. The van der Waals surface area contributed by atoms with E-state index in [4.69, 9.17) is 30.4 Å². The Morgan fingerprint density at radius 1 is 1.07 bits per heavy atom. The number of rotatable bonds is 7. The van der Waals surface area contributed by atoms with E-state index in [0.29, 0.717) is 49.1 Å². The molecule has 0 aromatic carbocycles. The lowest BCUT2D eigenvalue weighted by molar-refractivity contribution is -0.737. The number of aliphatic hydroxyl groups excluding tert-OH is 1. The van der Waals surface area contributed by atoms with Crippen LogP contribution in [0.25, 0.3) is 0 Å². The number of hydrogen-bond donors (Lipinski definition) is 5. The molecule has 5 aliphatic heterocycles. The van der Waals surface area contributed by atoms with E-state index < -0.39 is 29.3 Å². The molecule has 45 heavy (non-hydrogen) atoms. The molecule has 5 saturated heterocycles. The number of ether oxygens (including phenoxy) is 4. The second-order valence-electron chi connectivity index (χ2n) is 16.5. The molecule has 11 nitrogen and oxygen atoms in total. The van der Waals surface area contributed by atoms with Gasteiger partial charge in [0.1, 0.15) is 18.1 Å². The average Bonchev–Trinajstić information content (AvgIpc) is 3.62. The maximum Gasteiger partial charge on any atom is 0.341 e. The molecule has 0 aromatic heterocycles. The first-order valence-corrected chi connectivity index (χ1v) is 17.7. The van der Waals surface area contributed by atoms with Crippen molar-refractivity contribution in [3.63, 3.8) is 0 Å². The summed E-state index contributed by atoms with van der Waals surface area (Å²) in [6, 6.07) is 0.901. The Morgan fingerprint density at radius 2 is 1.82 bits per heavy atom. The van der Waals surface area contributed by atoms with Gasteiger partial charge in [0.2, 0.25) is 0 Å². The number of esters is 1. The van der Waals surface area contributed by atoms with Crippen LogP contribution in [-0.4, -0.2) is 89.1 Å². The van der Waals surface area contributed by atoms with Gasteiger partial charge in [0.05, 0.1) is 54.2 Å². The first-order chi connectivity index (χ1) is 21.1. The number of carbonyl (C=O) groups is 2. The van der Waals surface area contributed by atoms with Crippen LogP contribution in [0.15, 0.2) is 0 Å². The van der Waals surface area contributed by atoms with E-state index in [2.05, 4.69) is 24.5 Å². The predicted octanol–water partition coefficient (Wildman–Crippen LogP) is 1.08. The normalized spacial score (nSPS) is 49.6. The lowest BCUT2D eigenvalue weighted by Crippen LogP contribution is -3.00. The molecule has 0 aromatic rings. The molecule has 6 fully saturated rings. The summed E-state index contributed by atoms with van der Waals surface area (Å²) in [5.74, 6) is 0.383. The number of aliphatic hydroxyl groups is 1. The second-order valence-corrected chi connectivity index (χ2v) is 16.5. The number of ketones is 1. The van der Waals surface area contributed by atoms with Gasteiger partial charge in [-0.1, -0.05) is 13.8 Å². The van der Waals surface area contributed by atoms with Gasteiger partial charge in [0, 0.05) is 43.6 Å². The van der Waals surface area contributed by atoms with Crippen LogP contribution in [0.2, 0.25) is 0 Å². The molecule has 256 valence electrons. The van der Waals surface area contributed by atoms with Gasteiger partial charge in [0.25, 0.3) is 0 Å². The predicted molar refractivity (Wildman–Crippen MR) is 166 cm³/mol. The third kappa shape index (κ3) is 6.88. The van der Waals surface area contributed by atoms with E-state index in [1.807, 2.05) is 27.7 Å². The summed E-state index contributed by atoms with van der Waals surface area (Å²) in [6.45, 7) is 12.1. The van der Waals surface area contributed by atoms with Gasteiger partial charge in [-0.15, -0.1) is 0 Å². The average molecular weight is 636 g/mol. The minimum absolute atomic E-state index is 0.0357. The summed E-state index contributed by atoms with van der Waals surface area (Å²) in [5, 5.41) is 17.3. The zero-order valence-corrected chi connectivity index (χ0v) is 28.2. The molecule has 5 heterocycles. The van der Waals surface area contributed by atoms with Crippen molar-refractivity contribution in [2.24, 2.45) is 41.1 Å². The largest absolute Gasteiger partial charge is 0.457 e. The van der Waals surface area contributed by atoms with Crippen LogP contribution in [0.3, 0.4) is 0 Å². The fourth-order valence-electron chi connectivity index (χ4n) is 9.47. The zero-order valence-electron chi connectivity index (χ0n) is 28.2. The smallest absolute Gasteiger partial charge is 0.341 e. The van der Waals surface area contributed by atoms with Crippen molar-refractivity contribution in [2.75, 3.05) is 0 Å². The maximum absolute atomic E-state index is 13.5. The summed E-state index contributed by atoms with van der Waals surface area (Å²) in [7, 11) is 0. The summed E-state index contributed by atoms with van der Waals surface area (Å²) in [4.78, 5) is 26.4. The summed E-state index contributed by atoms with van der Waals surface area (Å²) >= 11 is 0. The van der Waals surface area contributed by atoms with Crippen molar-refractivity contribution in [3.8, 4) is 0 Å². The Labute approximate surface area is 268 Å². The minimum atomic E-state index is -0.989. The molecule has 6 aliphatic rings. The molecule has 0 amide bonds. The molecular weight excluding hydrogens is 576 g/mol. The summed E-state index contributed by atoms with van der Waals surface area (Å²) in [5.41, 5.74) is 11.2. The van der Waals surface area contributed by atoms with E-state index in [0.717, 1.165) is 38.5 Å². The van der Waals surface area contributed by atoms with Crippen molar-refractivity contribution in [1.82, 2.24) is 5.32 Å². The molecule has 8 N–H and O–H groups in total. The summed E-state index contributed by atoms with van der Waals surface area (Å²) in [6.07, 6.45) is 4.87. The quantitative estimate of drug-likeness (QED) is 0.201. The number of Topliss-reactive ketones (excluding diaryl/α,β-unsaturated/α-hetero) is 1. The number of nitrogens with two attached hydrogens (primary N) is 3. The van der Waals surface area contributed by atoms with Crippen molar-refractivity contribution in [1.29, 1.82) is 0 Å². The van der Waals surface area contributed by atoms with Crippen molar-refractivity contribution < 1.29 is 39.0 Å². The number of quaternary nitrogens is 1. The minimum Gasteiger partial charge on any atom is -0.457 e. The highest BCUT2D eigenvalue weighted by atomic mass is 16.7. The van der Waals surface area contributed by atoms with Gasteiger partial charge in [-0.3, -0.25) is 15.8 Å². The first-order valence-electron chi connectivity index (χ1n) is 17.7. The van der Waals surface area contributed by atoms with Gasteiger partial charge >= 0.3 is 5.97 Å². The number of hydrogen-bond acceptors (Lipinski definition) is 10. The highest BCUT2D eigenvalue weighted by Gasteiger charge is 2.62. The van der Waals surface area contributed by atoms with Crippen molar-refractivity contribution >= 4 is 11.8 Å². The van der Waals surface area contributed by atoms with E-state index in [1.54, 1.807) is 0 Å². The van der Waals surface area contributed by atoms with Crippen LogP contribution in [0.4, 0.5) is 0 Å². The number of epoxide rings is 1. The van der Waals surface area contributed by atoms with Crippen LogP contribution in [0.5, 0.6) is 0 Å². The third-order valence-electron chi connectivity index (χ3n) is 12.2. The molecule has 6 rings (SSSR count). The Bertz CT molecular complexity index is 1110. The van der Waals surface area contributed by atoms with E-state index in [-0.39, 0.29) is 54.4 Å². The van der Waals surface area contributed by atoms with Crippen molar-refractivity contribution in [2.45, 2.75) is 172 Å². The van der Waals surface area contributed by atoms with E-state index in [9.17, 15) is 14.7 Å². The van der Waals surface area contributed by atoms with Crippen LogP contribution < -0.4 is 22.1 Å². The third-order valence-corrected chi connectivity index (χ3v) is 12.2. The zero-order chi connectivity index (χ0) is 32.4. The standard InChI is InChI=1S/C34H58N4O7/c1-16(2)21-12-19(13-29(36)37-21)22-10-18(11-28(35)38-22)7-8-26-34(6,45-26)32(41)43-27-14-20-24(44-33(27,4)5)15-25-30(31(20)40)23(39)9-17(3)42-25/h16-22,24-31,37-38,40H,7-15,35-36H2,1-6H3/p+1/t17?,18?,19?,20?,21?,22?,24?,25?,26-,27-,28?,29?,30?,31?,34-/m1/s1. The Morgan fingerprint density at radius 3 is 2.56 bits per heavy atom. The SMILES string of the molecule is CC1CC(=O)C2C(CC3OC(C)(C)[C@H](OC(=O)[C@]4(C)O[C@@H]4CCC4CC(N)NC(C5CC(N)[NH2+]C(C(C)C)C5)C4)CC3C2O)O1. The van der Waals surface area contributed by atoms with Gasteiger partial charge in [-0.05, 0) is 71.6 Å². The maximum atomic E-state index is 13.5. The van der Waals surface area contributed by atoms with Gasteiger partial charge in [-0.25, -0.2) is 4.79 Å². The highest BCUT2D eigenvalue weighted by Crippen LogP contribution is 2.48. The second kappa shape index (κ2) is 12.7. The molecule has 0 radical (unpaired) electrons. The Kier molecular flexibility index (Phi) is 9.51. The summed E-state index contributed by atoms with van der Waals surface area (Å²) < 4.78 is 24.7. The van der Waals surface area contributed by atoms with Gasteiger partial charge in [0.15, 0.2) is 5.60 Å². The fourth-order valence-corrected chi connectivity index (χ4v) is 9.47. The first kappa shape index (κ1) is 33.7. The lowest BCUT2D eigenvalue weighted by atomic mass is 9.67. The molecule has 11 heteroatoms. The number of piperidine rings is 2. The van der Waals surface area contributed by atoms with E-state index in [1.165, 1.54) is 0 Å². The fraction of sp³-hybridized carbons (Fsp3) is 0.941.